The molecule has 2 heterocycles. The molecule has 0 radical (unpaired) electrons. The van der Waals surface area contributed by atoms with Crippen molar-refractivity contribution in [3.05, 3.63) is 40.7 Å². The number of anilines is 1. The van der Waals surface area contributed by atoms with Crippen molar-refractivity contribution < 1.29 is 17.9 Å². The van der Waals surface area contributed by atoms with Crippen LogP contribution < -0.4 is 10.0 Å². The zero-order chi connectivity index (χ0) is 24.7. The Labute approximate surface area is 206 Å². The monoisotopic (exact) mass is 508 g/mol. The maximum atomic E-state index is 13.6. The summed E-state index contributed by atoms with van der Waals surface area (Å²) in [5, 5.41) is 8.35. The van der Waals surface area contributed by atoms with Crippen LogP contribution in [-0.2, 0) is 14.8 Å². The number of amides is 1. The largest absolute Gasteiger partial charge is 0.381 e. The van der Waals surface area contributed by atoms with Crippen LogP contribution in [0.3, 0.4) is 0 Å². The quantitative estimate of drug-likeness (QED) is 0.562. The molecule has 4 rings (SSSR count). The molecule has 1 amide bonds. The van der Waals surface area contributed by atoms with Gasteiger partial charge in [-0.05, 0) is 62.3 Å². The summed E-state index contributed by atoms with van der Waals surface area (Å²) < 4.78 is 36.7. The van der Waals surface area contributed by atoms with Gasteiger partial charge >= 0.3 is 0 Å². The van der Waals surface area contributed by atoms with Crippen molar-refractivity contribution in [1.29, 1.82) is 0 Å². The number of aromatic nitrogens is 2. The first-order chi connectivity index (χ1) is 16.0. The second-order valence-corrected chi connectivity index (χ2v) is 12.4. The number of ether oxygens (including phenoxy) is 1. The van der Waals surface area contributed by atoms with Crippen LogP contribution in [0.25, 0.3) is 0 Å². The van der Waals surface area contributed by atoms with Crippen LogP contribution in [0.15, 0.2) is 29.2 Å². The number of nitrogens with one attached hydrogen (secondary N) is 2. The molecular weight excluding hydrogens is 476 g/mol. The molecule has 1 aromatic heterocycles. The van der Waals surface area contributed by atoms with Gasteiger partial charge in [0.05, 0.1) is 16.6 Å². The fraction of sp³-hybridized carbons (Fsp3) is 0.583. The molecule has 10 heteroatoms. The predicted molar refractivity (Wildman–Crippen MR) is 132 cm³/mol. The van der Waals surface area contributed by atoms with Crippen molar-refractivity contribution >= 4 is 33.2 Å². The second kappa shape index (κ2) is 9.51. The Hall–Kier alpha value is -2.10. The third-order valence-electron chi connectivity index (χ3n) is 6.66. The summed E-state index contributed by atoms with van der Waals surface area (Å²) in [5.74, 6) is -0.322. The van der Waals surface area contributed by atoms with Crippen molar-refractivity contribution in [3.63, 3.8) is 0 Å². The zero-order valence-corrected chi connectivity index (χ0v) is 21.7. The van der Waals surface area contributed by atoms with Crippen LogP contribution in [0, 0.1) is 5.41 Å². The summed E-state index contributed by atoms with van der Waals surface area (Å²) in [6.45, 7) is 9.25. The molecule has 0 bridgehead atoms. The van der Waals surface area contributed by atoms with Crippen LogP contribution in [0.5, 0.6) is 0 Å². The Balaban J connectivity index is 1.79. The molecule has 2 aromatic rings. The van der Waals surface area contributed by atoms with Gasteiger partial charge in [0.25, 0.3) is 15.9 Å². The van der Waals surface area contributed by atoms with Crippen molar-refractivity contribution in [2.24, 2.45) is 5.41 Å². The summed E-state index contributed by atoms with van der Waals surface area (Å²) in [4.78, 5) is 13.7. The Morgan fingerprint density at radius 2 is 1.76 bits per heavy atom. The molecule has 2 aliphatic rings. The van der Waals surface area contributed by atoms with E-state index < -0.39 is 10.0 Å². The standard InChI is InChI=1S/C24H33ClN4O4S/c1-15(24(2,3)4)26-23(30)22-21(28-34(31,32)19-9-5-17(25)6-10-19)20(16-11-13-33-14-12-16)27-29(22)18-7-8-18/h5-6,9-10,15-16,18,28H,7-8,11-14H2,1-4H3,(H,26,30)/t15-/m0/s1. The van der Waals surface area contributed by atoms with Gasteiger partial charge in [-0.15, -0.1) is 0 Å². The van der Waals surface area contributed by atoms with Gasteiger partial charge in [0.1, 0.15) is 5.69 Å². The Morgan fingerprint density at radius 1 is 1.15 bits per heavy atom. The number of benzene rings is 1. The third kappa shape index (κ3) is 5.42. The highest BCUT2D eigenvalue weighted by atomic mass is 35.5. The highest BCUT2D eigenvalue weighted by Gasteiger charge is 2.37. The lowest BCUT2D eigenvalue weighted by Gasteiger charge is -2.28. The van der Waals surface area contributed by atoms with E-state index in [0.29, 0.717) is 23.9 Å². The van der Waals surface area contributed by atoms with E-state index >= 15 is 0 Å². The minimum atomic E-state index is -3.97. The van der Waals surface area contributed by atoms with Gasteiger partial charge in [0, 0.05) is 30.2 Å². The number of hydrogen-bond donors (Lipinski definition) is 2. The normalized spacial score (nSPS) is 18.5. The molecule has 1 saturated heterocycles. The maximum absolute atomic E-state index is 13.6. The number of hydrogen-bond acceptors (Lipinski definition) is 5. The van der Waals surface area contributed by atoms with E-state index in [-0.39, 0.29) is 45.6 Å². The number of sulfonamides is 1. The summed E-state index contributed by atoms with van der Waals surface area (Å²) in [6, 6.07) is 5.92. The van der Waals surface area contributed by atoms with Crippen LogP contribution in [0.2, 0.25) is 5.02 Å². The minimum Gasteiger partial charge on any atom is -0.381 e. The molecule has 1 aliphatic heterocycles. The molecule has 1 saturated carbocycles. The summed E-state index contributed by atoms with van der Waals surface area (Å²) >= 11 is 5.95. The molecule has 2 N–H and O–H groups in total. The van der Waals surface area contributed by atoms with E-state index in [1.165, 1.54) is 24.3 Å². The van der Waals surface area contributed by atoms with E-state index in [1.807, 2.05) is 27.7 Å². The van der Waals surface area contributed by atoms with E-state index in [4.69, 9.17) is 21.4 Å². The minimum absolute atomic E-state index is 0.00302. The Bertz CT molecular complexity index is 1140. The van der Waals surface area contributed by atoms with Gasteiger partial charge < -0.3 is 10.1 Å². The van der Waals surface area contributed by atoms with Crippen molar-refractivity contribution in [2.75, 3.05) is 17.9 Å². The van der Waals surface area contributed by atoms with Crippen molar-refractivity contribution in [3.8, 4) is 0 Å². The van der Waals surface area contributed by atoms with Gasteiger partial charge in [0.15, 0.2) is 5.69 Å². The summed E-state index contributed by atoms with van der Waals surface area (Å²) in [7, 11) is -3.97. The van der Waals surface area contributed by atoms with Crippen molar-refractivity contribution in [1.82, 2.24) is 15.1 Å². The topological polar surface area (TPSA) is 102 Å². The first-order valence-electron chi connectivity index (χ1n) is 11.8. The molecule has 0 unspecified atom stereocenters. The molecule has 1 atom stereocenters. The van der Waals surface area contributed by atoms with Crippen LogP contribution >= 0.6 is 11.6 Å². The lowest BCUT2D eigenvalue weighted by molar-refractivity contribution is 0.0844. The Kier molecular flexibility index (Phi) is 6.99. The fourth-order valence-corrected chi connectivity index (χ4v) is 5.11. The number of halogens is 1. The molecule has 0 spiro atoms. The highest BCUT2D eigenvalue weighted by molar-refractivity contribution is 7.92. The van der Waals surface area contributed by atoms with E-state index in [9.17, 15) is 13.2 Å². The first-order valence-corrected chi connectivity index (χ1v) is 13.6. The highest BCUT2D eigenvalue weighted by Crippen LogP contribution is 2.42. The molecular formula is C24H33ClN4O4S. The van der Waals surface area contributed by atoms with Gasteiger partial charge in [0.2, 0.25) is 0 Å². The van der Waals surface area contributed by atoms with E-state index in [0.717, 1.165) is 25.7 Å². The SMILES string of the molecule is C[C@H](NC(=O)c1c(NS(=O)(=O)c2ccc(Cl)cc2)c(C2CCOCC2)nn1C1CC1)C(C)(C)C. The molecule has 8 nitrogen and oxygen atoms in total. The fourth-order valence-electron chi connectivity index (χ4n) is 3.90. The first kappa shape index (κ1) is 25.0. The molecule has 1 aromatic carbocycles. The number of carbonyl (C=O) groups excluding carboxylic acids is 1. The lowest BCUT2D eigenvalue weighted by Crippen LogP contribution is -2.42. The maximum Gasteiger partial charge on any atom is 0.271 e. The average molecular weight is 509 g/mol. The van der Waals surface area contributed by atoms with E-state index in [2.05, 4.69) is 10.0 Å². The van der Waals surface area contributed by atoms with E-state index in [1.54, 1.807) is 4.68 Å². The third-order valence-corrected chi connectivity index (χ3v) is 8.28. The molecule has 186 valence electrons. The van der Waals surface area contributed by atoms with Gasteiger partial charge in [-0.2, -0.15) is 5.10 Å². The molecule has 2 fully saturated rings. The average Bonchev–Trinajstić information content (AvgIpc) is 3.55. The second-order valence-electron chi connectivity index (χ2n) is 10.3. The lowest BCUT2D eigenvalue weighted by atomic mass is 9.88. The summed E-state index contributed by atoms with van der Waals surface area (Å²) in [6.07, 6.45) is 3.26. The van der Waals surface area contributed by atoms with Crippen LogP contribution in [-0.4, -0.2) is 43.4 Å². The van der Waals surface area contributed by atoms with Crippen molar-refractivity contribution in [2.45, 2.75) is 76.3 Å². The van der Waals surface area contributed by atoms with Gasteiger partial charge in [-0.1, -0.05) is 32.4 Å². The van der Waals surface area contributed by atoms with Crippen LogP contribution in [0.1, 0.15) is 81.5 Å². The van der Waals surface area contributed by atoms with Gasteiger partial charge in [-0.3, -0.25) is 14.2 Å². The number of rotatable bonds is 7. The molecule has 34 heavy (non-hydrogen) atoms. The van der Waals surface area contributed by atoms with Crippen LogP contribution in [0.4, 0.5) is 5.69 Å². The number of carbonyl (C=O) groups is 1. The summed E-state index contributed by atoms with van der Waals surface area (Å²) in [5.41, 5.74) is 0.998. The zero-order valence-electron chi connectivity index (χ0n) is 20.1. The Morgan fingerprint density at radius 3 is 2.32 bits per heavy atom. The molecule has 1 aliphatic carbocycles. The predicted octanol–water partition coefficient (Wildman–Crippen LogP) is 4.73. The smallest absolute Gasteiger partial charge is 0.271 e. The number of nitrogens with zero attached hydrogens (tertiary/aromatic N) is 2. The van der Waals surface area contributed by atoms with Gasteiger partial charge in [-0.25, -0.2) is 8.42 Å².